The van der Waals surface area contributed by atoms with Gasteiger partial charge in [0.1, 0.15) is 0 Å². The van der Waals surface area contributed by atoms with Crippen LogP contribution in [0.3, 0.4) is 0 Å². The molecule has 100 valence electrons. The molecule has 1 N–H and O–H groups in total. The second-order valence-corrected chi connectivity index (χ2v) is 4.10. The van der Waals surface area contributed by atoms with Crippen LogP contribution >= 0.6 is 11.6 Å². The summed E-state index contributed by atoms with van der Waals surface area (Å²) in [6, 6.07) is 6.98. The molecule has 0 fully saturated rings. The summed E-state index contributed by atoms with van der Waals surface area (Å²) in [4.78, 5) is 11.7. The van der Waals surface area contributed by atoms with Gasteiger partial charge in [-0.15, -0.1) is 0 Å². The summed E-state index contributed by atoms with van der Waals surface area (Å²) >= 11 is 5.92. The van der Waals surface area contributed by atoms with Gasteiger partial charge in [0.2, 0.25) is 0 Å². The first kappa shape index (κ1) is 15.0. The van der Waals surface area contributed by atoms with Crippen molar-refractivity contribution in [3.8, 4) is 0 Å². The van der Waals surface area contributed by atoms with E-state index in [2.05, 4.69) is 5.32 Å². The van der Waals surface area contributed by atoms with Gasteiger partial charge in [0.15, 0.2) is 0 Å². The van der Waals surface area contributed by atoms with E-state index in [1.807, 2.05) is 0 Å². The number of carbonyl (C=O) groups excluding carboxylic acids is 1. The van der Waals surface area contributed by atoms with Crippen molar-refractivity contribution in [3.63, 3.8) is 0 Å². The lowest BCUT2D eigenvalue weighted by atomic mass is 10.2. The lowest BCUT2D eigenvalue weighted by Crippen LogP contribution is -2.25. The Balaban J connectivity index is 2.16. The molecule has 0 saturated heterocycles. The molecule has 0 aliphatic rings. The smallest absolute Gasteiger partial charge is 0.252 e. The second-order valence-electron chi connectivity index (χ2n) is 3.69. The average molecular weight is 272 g/mol. The van der Waals surface area contributed by atoms with E-state index >= 15 is 0 Å². The summed E-state index contributed by atoms with van der Waals surface area (Å²) in [6.45, 7) is 2.34. The monoisotopic (exact) mass is 271 g/mol. The third-order valence-corrected chi connectivity index (χ3v) is 2.63. The largest absolute Gasteiger partial charge is 0.382 e. The number of ether oxygens (including phenoxy) is 2. The predicted octanol–water partition coefficient (Wildman–Crippen LogP) is 2.12. The summed E-state index contributed by atoms with van der Waals surface area (Å²) in [7, 11) is 1.63. The average Bonchev–Trinajstić information content (AvgIpc) is 2.38. The van der Waals surface area contributed by atoms with Crippen molar-refractivity contribution in [2.45, 2.75) is 6.42 Å². The van der Waals surface area contributed by atoms with Gasteiger partial charge in [-0.1, -0.05) is 23.7 Å². The van der Waals surface area contributed by atoms with Crippen molar-refractivity contribution >= 4 is 17.5 Å². The van der Waals surface area contributed by atoms with Gasteiger partial charge in [-0.2, -0.15) is 0 Å². The van der Waals surface area contributed by atoms with Crippen LogP contribution < -0.4 is 5.32 Å². The zero-order valence-electron chi connectivity index (χ0n) is 10.4. The Morgan fingerprint density at radius 2 is 2.06 bits per heavy atom. The number of nitrogens with one attached hydrogen (secondary N) is 1. The number of methoxy groups -OCH3 is 1. The number of amides is 1. The first-order valence-corrected chi connectivity index (χ1v) is 6.23. The summed E-state index contributed by atoms with van der Waals surface area (Å²) < 4.78 is 10.1. The van der Waals surface area contributed by atoms with Crippen molar-refractivity contribution in [2.24, 2.45) is 0 Å². The van der Waals surface area contributed by atoms with Gasteiger partial charge in [0.05, 0.1) is 23.8 Å². The zero-order chi connectivity index (χ0) is 13.2. The van der Waals surface area contributed by atoms with Crippen molar-refractivity contribution in [3.05, 3.63) is 34.9 Å². The van der Waals surface area contributed by atoms with E-state index in [-0.39, 0.29) is 5.91 Å². The molecule has 1 aromatic carbocycles. The van der Waals surface area contributed by atoms with Crippen LogP contribution in [0, 0.1) is 0 Å². The van der Waals surface area contributed by atoms with Gasteiger partial charge in [-0.25, -0.2) is 0 Å². The molecule has 0 bridgehead atoms. The predicted molar refractivity (Wildman–Crippen MR) is 71.1 cm³/mol. The molecule has 1 aromatic rings. The maximum absolute atomic E-state index is 11.7. The molecule has 0 aliphatic heterocycles. The normalized spacial score (nSPS) is 10.3. The summed E-state index contributed by atoms with van der Waals surface area (Å²) in [5, 5.41) is 3.26. The highest BCUT2D eigenvalue weighted by Gasteiger charge is 2.07. The molecule has 5 heteroatoms. The first-order chi connectivity index (χ1) is 8.75. The first-order valence-electron chi connectivity index (χ1n) is 5.85. The standard InChI is InChI=1S/C13H18ClNO3/c1-17-9-10-18-8-4-7-15-13(16)11-5-2-3-6-12(11)14/h2-3,5-6H,4,7-10H2,1H3,(H,15,16). The summed E-state index contributed by atoms with van der Waals surface area (Å²) in [5.41, 5.74) is 0.500. The van der Waals surface area contributed by atoms with Gasteiger partial charge in [0.25, 0.3) is 5.91 Å². The van der Waals surface area contributed by atoms with E-state index in [1.165, 1.54) is 0 Å². The van der Waals surface area contributed by atoms with Gasteiger partial charge in [0, 0.05) is 20.3 Å². The molecule has 1 amide bonds. The molecule has 4 nitrogen and oxygen atoms in total. The van der Waals surface area contributed by atoms with Crippen LogP contribution in [0.1, 0.15) is 16.8 Å². The molecule has 0 atom stereocenters. The van der Waals surface area contributed by atoms with E-state index in [1.54, 1.807) is 31.4 Å². The number of benzene rings is 1. The number of hydrogen-bond acceptors (Lipinski definition) is 3. The van der Waals surface area contributed by atoms with Crippen LogP contribution in [0.4, 0.5) is 0 Å². The lowest BCUT2D eigenvalue weighted by Gasteiger charge is -2.07. The molecule has 0 radical (unpaired) electrons. The fourth-order valence-electron chi connectivity index (χ4n) is 1.36. The minimum Gasteiger partial charge on any atom is -0.382 e. The minimum absolute atomic E-state index is 0.155. The van der Waals surface area contributed by atoms with Crippen molar-refractivity contribution in [1.29, 1.82) is 0 Å². The lowest BCUT2D eigenvalue weighted by molar-refractivity contribution is 0.0688. The van der Waals surface area contributed by atoms with Crippen LogP contribution in [0.5, 0.6) is 0 Å². The highest BCUT2D eigenvalue weighted by atomic mass is 35.5. The maximum Gasteiger partial charge on any atom is 0.252 e. The second kappa shape index (κ2) is 8.91. The number of hydrogen-bond donors (Lipinski definition) is 1. The molecule has 0 aromatic heterocycles. The van der Waals surface area contributed by atoms with Gasteiger partial charge in [-0.3, -0.25) is 4.79 Å². The summed E-state index contributed by atoms with van der Waals surface area (Å²) in [6.07, 6.45) is 0.764. The van der Waals surface area contributed by atoms with E-state index in [9.17, 15) is 4.79 Å². The van der Waals surface area contributed by atoms with Crippen molar-refractivity contribution in [2.75, 3.05) is 33.5 Å². The van der Waals surface area contributed by atoms with Crippen LogP contribution in [0.25, 0.3) is 0 Å². The topological polar surface area (TPSA) is 47.6 Å². The fraction of sp³-hybridized carbons (Fsp3) is 0.462. The SMILES string of the molecule is COCCOCCCNC(=O)c1ccccc1Cl. The van der Waals surface area contributed by atoms with Crippen molar-refractivity contribution < 1.29 is 14.3 Å². The van der Waals surface area contributed by atoms with E-state index in [0.29, 0.717) is 37.0 Å². The Labute approximate surface area is 112 Å². The Morgan fingerprint density at radius 1 is 1.28 bits per heavy atom. The molecule has 0 saturated carbocycles. The van der Waals surface area contributed by atoms with Gasteiger partial charge >= 0.3 is 0 Å². The fourth-order valence-corrected chi connectivity index (χ4v) is 1.58. The molecule has 0 aliphatic carbocycles. The molecule has 0 spiro atoms. The van der Waals surface area contributed by atoms with Gasteiger partial charge < -0.3 is 14.8 Å². The van der Waals surface area contributed by atoms with Gasteiger partial charge in [-0.05, 0) is 18.6 Å². The number of halogens is 1. The third-order valence-electron chi connectivity index (χ3n) is 2.30. The Kier molecular flexibility index (Phi) is 7.41. The summed E-state index contributed by atoms with van der Waals surface area (Å²) in [5.74, 6) is -0.155. The third kappa shape index (κ3) is 5.49. The number of rotatable bonds is 8. The minimum atomic E-state index is -0.155. The van der Waals surface area contributed by atoms with E-state index < -0.39 is 0 Å². The van der Waals surface area contributed by atoms with Crippen LogP contribution in [-0.2, 0) is 9.47 Å². The zero-order valence-corrected chi connectivity index (χ0v) is 11.2. The molecule has 1 rings (SSSR count). The molecular formula is C13H18ClNO3. The quantitative estimate of drug-likeness (QED) is 0.737. The maximum atomic E-state index is 11.7. The molecule has 0 unspecified atom stereocenters. The highest BCUT2D eigenvalue weighted by Crippen LogP contribution is 2.14. The van der Waals surface area contributed by atoms with E-state index in [0.717, 1.165) is 6.42 Å². The Hall–Kier alpha value is -1.10. The molecular weight excluding hydrogens is 254 g/mol. The Morgan fingerprint density at radius 3 is 2.78 bits per heavy atom. The van der Waals surface area contributed by atoms with Crippen molar-refractivity contribution in [1.82, 2.24) is 5.32 Å². The van der Waals surface area contributed by atoms with Crippen LogP contribution in [0.2, 0.25) is 5.02 Å². The molecule has 18 heavy (non-hydrogen) atoms. The highest BCUT2D eigenvalue weighted by molar-refractivity contribution is 6.33. The van der Waals surface area contributed by atoms with Crippen LogP contribution in [0.15, 0.2) is 24.3 Å². The number of carbonyl (C=O) groups is 1. The Bertz CT molecular complexity index is 371. The van der Waals surface area contributed by atoms with E-state index in [4.69, 9.17) is 21.1 Å². The molecule has 0 heterocycles. The van der Waals surface area contributed by atoms with Crippen LogP contribution in [-0.4, -0.2) is 39.4 Å².